The van der Waals surface area contributed by atoms with Gasteiger partial charge >= 0.3 is 0 Å². The molecule has 8 heteroatoms. The number of amides is 2. The molecule has 2 saturated heterocycles. The summed E-state index contributed by atoms with van der Waals surface area (Å²) in [4.78, 5) is 28.2. The Balaban J connectivity index is 1.58. The molecular weight excluding hydrogens is 349 g/mol. The van der Waals surface area contributed by atoms with E-state index in [2.05, 4.69) is 0 Å². The van der Waals surface area contributed by atoms with E-state index in [0.29, 0.717) is 39.1 Å². The maximum absolute atomic E-state index is 13.9. The van der Waals surface area contributed by atoms with Crippen LogP contribution in [0.5, 0.6) is 0 Å². The van der Waals surface area contributed by atoms with Crippen LogP contribution >= 0.6 is 11.6 Å². The van der Waals surface area contributed by atoms with E-state index in [1.807, 2.05) is 0 Å². The quantitative estimate of drug-likeness (QED) is 0.870. The molecule has 0 saturated carbocycles. The molecule has 2 aliphatic rings. The van der Waals surface area contributed by atoms with E-state index >= 15 is 0 Å². The lowest BCUT2D eigenvalue weighted by Gasteiger charge is -2.36. The normalized spacial score (nSPS) is 23.8. The van der Waals surface area contributed by atoms with Crippen molar-refractivity contribution in [3.8, 4) is 0 Å². The summed E-state index contributed by atoms with van der Waals surface area (Å²) >= 11 is 5.96. The minimum atomic E-state index is -0.636. The summed E-state index contributed by atoms with van der Waals surface area (Å²) in [5.74, 6) is -1.15. The van der Waals surface area contributed by atoms with Crippen molar-refractivity contribution < 1.29 is 18.7 Å². The zero-order chi connectivity index (χ0) is 18.0. The Bertz CT molecular complexity index is 644. The monoisotopic (exact) mass is 369 g/mol. The first-order chi connectivity index (χ1) is 12.0. The number of carbonyl (C=O) groups is 2. The van der Waals surface area contributed by atoms with Gasteiger partial charge in [0, 0.05) is 32.7 Å². The van der Waals surface area contributed by atoms with Crippen molar-refractivity contribution in [2.45, 2.75) is 25.0 Å². The summed E-state index contributed by atoms with van der Waals surface area (Å²) in [5, 5.41) is 0.0932. The van der Waals surface area contributed by atoms with Crippen molar-refractivity contribution in [2.24, 2.45) is 5.73 Å². The molecule has 0 aromatic heterocycles. The number of nitrogens with two attached hydrogens (primary N) is 1. The van der Waals surface area contributed by atoms with Gasteiger partial charge in [-0.05, 0) is 25.0 Å². The fraction of sp³-hybridized carbons (Fsp3) is 0.529. The fourth-order valence-electron chi connectivity index (χ4n) is 3.25. The van der Waals surface area contributed by atoms with Gasteiger partial charge in [-0.25, -0.2) is 4.39 Å². The van der Waals surface area contributed by atoms with Gasteiger partial charge in [0.15, 0.2) is 0 Å². The minimum absolute atomic E-state index is 0.0555. The molecule has 25 heavy (non-hydrogen) atoms. The van der Waals surface area contributed by atoms with Crippen molar-refractivity contribution in [3.63, 3.8) is 0 Å². The first kappa shape index (κ1) is 18.1. The molecule has 6 nitrogen and oxygen atoms in total. The second-order valence-corrected chi connectivity index (χ2v) is 6.68. The SMILES string of the molecule is NC[C@H]1CC[C@@H](C(=O)N2CCN(C(=O)c3c(F)cccc3Cl)CC2)O1. The largest absolute Gasteiger partial charge is 0.364 e. The van der Waals surface area contributed by atoms with Crippen LogP contribution < -0.4 is 5.73 Å². The van der Waals surface area contributed by atoms with E-state index in [1.54, 1.807) is 4.90 Å². The Morgan fingerprint density at radius 3 is 2.48 bits per heavy atom. The zero-order valence-electron chi connectivity index (χ0n) is 13.8. The number of halogens is 2. The number of carbonyl (C=O) groups excluding carboxylic acids is 2. The second-order valence-electron chi connectivity index (χ2n) is 6.27. The molecule has 2 atom stereocenters. The number of nitrogens with zero attached hydrogens (tertiary/aromatic N) is 2. The summed E-state index contributed by atoms with van der Waals surface area (Å²) < 4.78 is 19.5. The van der Waals surface area contributed by atoms with Gasteiger partial charge in [-0.2, -0.15) is 0 Å². The highest BCUT2D eigenvalue weighted by Crippen LogP contribution is 2.23. The van der Waals surface area contributed by atoms with Crippen LogP contribution in [0, 0.1) is 5.82 Å². The summed E-state index contributed by atoms with van der Waals surface area (Å²) in [6, 6.07) is 4.16. The highest BCUT2D eigenvalue weighted by Gasteiger charge is 2.35. The van der Waals surface area contributed by atoms with E-state index in [4.69, 9.17) is 22.1 Å². The van der Waals surface area contributed by atoms with Crippen LogP contribution in [0.15, 0.2) is 18.2 Å². The molecule has 1 aromatic carbocycles. The summed E-state index contributed by atoms with van der Waals surface area (Å²) in [6.07, 6.45) is 0.957. The summed E-state index contributed by atoms with van der Waals surface area (Å²) in [6.45, 7) is 1.87. The van der Waals surface area contributed by atoms with Crippen molar-refractivity contribution >= 4 is 23.4 Å². The Hall–Kier alpha value is -1.70. The standard InChI is InChI=1S/C17H21ClFN3O3/c18-12-2-1-3-13(19)15(12)17(24)22-8-6-21(7-9-22)16(23)14-5-4-11(10-20)25-14/h1-3,11,14H,4-10,20H2/t11-,14+/m1/s1. The first-order valence-electron chi connectivity index (χ1n) is 8.39. The molecule has 0 bridgehead atoms. The van der Waals surface area contributed by atoms with Gasteiger partial charge in [0.1, 0.15) is 11.9 Å². The number of ether oxygens (including phenoxy) is 1. The lowest BCUT2D eigenvalue weighted by atomic mass is 10.1. The third-order valence-corrected chi connectivity index (χ3v) is 5.02. The number of rotatable bonds is 3. The van der Waals surface area contributed by atoms with Gasteiger partial charge in [-0.15, -0.1) is 0 Å². The smallest absolute Gasteiger partial charge is 0.258 e. The van der Waals surface area contributed by atoms with Crippen LogP contribution in [0.4, 0.5) is 4.39 Å². The van der Waals surface area contributed by atoms with Gasteiger partial charge in [0.05, 0.1) is 16.7 Å². The summed E-state index contributed by atoms with van der Waals surface area (Å²) in [7, 11) is 0. The van der Waals surface area contributed by atoms with Gasteiger partial charge in [0.25, 0.3) is 11.8 Å². The molecule has 0 aliphatic carbocycles. The Morgan fingerprint density at radius 1 is 1.20 bits per heavy atom. The van der Waals surface area contributed by atoms with E-state index in [9.17, 15) is 14.0 Å². The maximum atomic E-state index is 13.9. The summed E-state index contributed by atoms with van der Waals surface area (Å²) in [5.41, 5.74) is 5.45. The second kappa shape index (κ2) is 7.68. The van der Waals surface area contributed by atoms with Gasteiger partial charge in [-0.3, -0.25) is 9.59 Å². The van der Waals surface area contributed by atoms with Crippen molar-refractivity contribution in [3.05, 3.63) is 34.6 Å². The lowest BCUT2D eigenvalue weighted by Crippen LogP contribution is -2.53. The molecule has 3 rings (SSSR count). The Morgan fingerprint density at radius 2 is 1.88 bits per heavy atom. The Kier molecular flexibility index (Phi) is 5.56. The Labute approximate surface area is 150 Å². The van der Waals surface area contributed by atoms with Crippen molar-refractivity contribution in [1.29, 1.82) is 0 Å². The molecule has 136 valence electrons. The predicted molar refractivity (Wildman–Crippen MR) is 90.8 cm³/mol. The van der Waals surface area contributed by atoms with Gasteiger partial charge < -0.3 is 20.3 Å². The van der Waals surface area contributed by atoms with Crippen LogP contribution in [0.25, 0.3) is 0 Å². The highest BCUT2D eigenvalue weighted by molar-refractivity contribution is 6.33. The predicted octanol–water partition coefficient (Wildman–Crippen LogP) is 1.27. The number of benzene rings is 1. The molecule has 0 spiro atoms. The topological polar surface area (TPSA) is 75.9 Å². The van der Waals surface area contributed by atoms with Crippen LogP contribution in [0.1, 0.15) is 23.2 Å². The molecule has 0 radical (unpaired) electrons. The van der Waals surface area contributed by atoms with Crippen molar-refractivity contribution in [2.75, 3.05) is 32.7 Å². The van der Waals surface area contributed by atoms with Crippen LogP contribution in [-0.4, -0.2) is 66.5 Å². The first-order valence-corrected chi connectivity index (χ1v) is 8.76. The molecule has 0 unspecified atom stereocenters. The molecule has 2 aliphatic heterocycles. The van der Waals surface area contributed by atoms with Crippen molar-refractivity contribution in [1.82, 2.24) is 9.80 Å². The van der Waals surface area contributed by atoms with Crippen LogP contribution in [0.2, 0.25) is 5.02 Å². The molecule has 2 fully saturated rings. The fourth-order valence-corrected chi connectivity index (χ4v) is 3.50. The molecule has 2 heterocycles. The number of hydrogen-bond donors (Lipinski definition) is 1. The molecular formula is C17H21ClFN3O3. The molecule has 2 N–H and O–H groups in total. The van der Waals surface area contributed by atoms with Crippen LogP contribution in [0.3, 0.4) is 0 Å². The third kappa shape index (κ3) is 3.78. The zero-order valence-corrected chi connectivity index (χ0v) is 14.5. The maximum Gasteiger partial charge on any atom is 0.258 e. The van der Waals surface area contributed by atoms with Gasteiger partial charge in [-0.1, -0.05) is 17.7 Å². The molecule has 2 amide bonds. The number of piperazine rings is 1. The molecule has 1 aromatic rings. The van der Waals surface area contributed by atoms with E-state index in [-0.39, 0.29) is 22.6 Å². The van der Waals surface area contributed by atoms with E-state index in [0.717, 1.165) is 6.42 Å². The minimum Gasteiger partial charge on any atom is -0.364 e. The average molecular weight is 370 g/mol. The number of hydrogen-bond acceptors (Lipinski definition) is 4. The van der Waals surface area contributed by atoms with Gasteiger partial charge in [0.2, 0.25) is 0 Å². The van der Waals surface area contributed by atoms with E-state index < -0.39 is 17.8 Å². The van der Waals surface area contributed by atoms with Crippen LogP contribution in [-0.2, 0) is 9.53 Å². The highest BCUT2D eigenvalue weighted by atomic mass is 35.5. The average Bonchev–Trinajstić information content (AvgIpc) is 3.10. The lowest BCUT2D eigenvalue weighted by molar-refractivity contribution is -0.144. The van der Waals surface area contributed by atoms with E-state index in [1.165, 1.54) is 23.1 Å². The third-order valence-electron chi connectivity index (χ3n) is 4.70.